The van der Waals surface area contributed by atoms with Gasteiger partial charge < -0.3 is 4.42 Å². The second-order valence-electron chi connectivity index (χ2n) is 6.99. The summed E-state index contributed by atoms with van der Waals surface area (Å²) >= 11 is 7.25. The number of fused-ring (bicyclic) bond motifs is 1. The van der Waals surface area contributed by atoms with Crippen molar-refractivity contribution in [1.82, 2.24) is 25.4 Å². The zero-order chi connectivity index (χ0) is 22.1. The first-order valence-corrected chi connectivity index (χ1v) is 10.9. The number of halogens is 1. The Labute approximate surface area is 191 Å². The highest BCUT2D eigenvalue weighted by atomic mass is 35.5. The number of rotatable bonds is 5. The number of thioether (sulfide) groups is 1. The minimum Gasteiger partial charge on any atom is -0.466 e. The van der Waals surface area contributed by atoms with Crippen LogP contribution in [-0.4, -0.2) is 31.8 Å². The molecular formula is C22H16ClN5O3S. The Morgan fingerprint density at radius 1 is 1.16 bits per heavy atom. The van der Waals surface area contributed by atoms with E-state index in [9.17, 15) is 9.59 Å². The lowest BCUT2D eigenvalue weighted by atomic mass is 10.2. The van der Waals surface area contributed by atoms with Gasteiger partial charge in [0.15, 0.2) is 5.37 Å². The van der Waals surface area contributed by atoms with E-state index in [1.54, 1.807) is 30.3 Å². The number of nitrogens with one attached hydrogen (secondary N) is 1. The summed E-state index contributed by atoms with van der Waals surface area (Å²) in [5.41, 5.74) is 4.95. The first-order valence-electron chi connectivity index (χ1n) is 9.67. The fraction of sp³-hybridized carbons (Fsp3) is 0.0909. The molecule has 3 heterocycles. The van der Waals surface area contributed by atoms with Gasteiger partial charge in [-0.05, 0) is 48.0 Å². The van der Waals surface area contributed by atoms with Gasteiger partial charge in [-0.3, -0.25) is 15.0 Å². The normalized spacial score (nSPS) is 17.4. The van der Waals surface area contributed by atoms with Crippen LogP contribution in [0.2, 0.25) is 5.02 Å². The molecule has 160 valence electrons. The zero-order valence-electron chi connectivity index (χ0n) is 16.5. The fourth-order valence-corrected chi connectivity index (χ4v) is 4.60. The van der Waals surface area contributed by atoms with E-state index >= 15 is 0 Å². The van der Waals surface area contributed by atoms with Crippen LogP contribution in [0.15, 0.2) is 76.2 Å². The first kappa shape index (κ1) is 20.3. The summed E-state index contributed by atoms with van der Waals surface area (Å²) < 4.78 is 7.01. The second kappa shape index (κ2) is 8.52. The predicted octanol–water partition coefficient (Wildman–Crippen LogP) is 4.02. The summed E-state index contributed by atoms with van der Waals surface area (Å²) in [6.45, 7) is -0.0872. The third-order valence-corrected chi connectivity index (χ3v) is 6.28. The maximum absolute atomic E-state index is 13.2. The Morgan fingerprint density at radius 2 is 1.97 bits per heavy atom. The van der Waals surface area contributed by atoms with Gasteiger partial charge in [0.25, 0.3) is 11.8 Å². The summed E-state index contributed by atoms with van der Waals surface area (Å²) in [7, 11) is 0. The minimum atomic E-state index is -0.535. The molecule has 10 heteroatoms. The van der Waals surface area contributed by atoms with Crippen molar-refractivity contribution < 1.29 is 14.0 Å². The van der Waals surface area contributed by atoms with Crippen molar-refractivity contribution >= 4 is 52.3 Å². The molecule has 32 heavy (non-hydrogen) atoms. The predicted molar refractivity (Wildman–Crippen MR) is 121 cm³/mol. The summed E-state index contributed by atoms with van der Waals surface area (Å²) in [4.78, 5) is 26.4. The summed E-state index contributed by atoms with van der Waals surface area (Å²) in [5, 5.41) is 9.45. The van der Waals surface area contributed by atoms with Crippen molar-refractivity contribution in [2.75, 3.05) is 0 Å². The molecule has 2 aromatic heterocycles. The van der Waals surface area contributed by atoms with Crippen LogP contribution < -0.4 is 5.43 Å². The molecule has 1 N–H and O–H groups in total. The van der Waals surface area contributed by atoms with Gasteiger partial charge in [-0.25, -0.2) is 9.69 Å². The van der Waals surface area contributed by atoms with Gasteiger partial charge in [0.1, 0.15) is 17.8 Å². The molecule has 1 fully saturated rings. The molecule has 2 aromatic carbocycles. The van der Waals surface area contributed by atoms with Crippen LogP contribution in [0.1, 0.15) is 16.7 Å². The molecule has 4 aromatic rings. The van der Waals surface area contributed by atoms with Crippen LogP contribution >= 0.6 is 23.4 Å². The Kier molecular flexibility index (Phi) is 5.42. The molecule has 1 atom stereocenters. The van der Waals surface area contributed by atoms with E-state index in [0.717, 1.165) is 11.1 Å². The van der Waals surface area contributed by atoms with E-state index in [1.165, 1.54) is 27.7 Å². The van der Waals surface area contributed by atoms with Gasteiger partial charge in [-0.1, -0.05) is 52.8 Å². The smallest absolute Gasteiger partial charge is 0.280 e. The molecule has 1 aliphatic rings. The maximum Gasteiger partial charge on any atom is 0.280 e. The van der Waals surface area contributed by atoms with Gasteiger partial charge >= 0.3 is 0 Å². The van der Waals surface area contributed by atoms with Crippen LogP contribution in [0.25, 0.3) is 17.1 Å². The molecule has 8 nitrogen and oxygen atoms in total. The number of benzene rings is 2. The summed E-state index contributed by atoms with van der Waals surface area (Å²) in [6.07, 6.45) is 3.29. The molecule has 1 saturated heterocycles. The third kappa shape index (κ3) is 4.00. The molecule has 0 spiro atoms. The van der Waals surface area contributed by atoms with Crippen molar-refractivity contribution in [3.05, 3.63) is 88.2 Å². The van der Waals surface area contributed by atoms with E-state index in [0.29, 0.717) is 21.2 Å². The molecule has 0 aliphatic carbocycles. The minimum absolute atomic E-state index is 0.0872. The average Bonchev–Trinajstić information content (AvgIpc) is 3.52. The molecule has 0 saturated carbocycles. The molecule has 0 radical (unpaired) electrons. The number of carbonyl (C=O) groups is 2. The summed E-state index contributed by atoms with van der Waals surface area (Å²) in [6, 6.07) is 18.0. The summed E-state index contributed by atoms with van der Waals surface area (Å²) in [5.74, 6) is -0.184. The van der Waals surface area contributed by atoms with Gasteiger partial charge in [0.05, 0.1) is 16.7 Å². The van der Waals surface area contributed by atoms with Crippen molar-refractivity contribution in [2.24, 2.45) is 0 Å². The van der Waals surface area contributed by atoms with E-state index < -0.39 is 11.3 Å². The van der Waals surface area contributed by atoms with Gasteiger partial charge in [0, 0.05) is 5.02 Å². The number of para-hydroxylation sites is 1. The van der Waals surface area contributed by atoms with E-state index in [4.69, 9.17) is 16.0 Å². The van der Waals surface area contributed by atoms with Gasteiger partial charge in [0.2, 0.25) is 0 Å². The Hall–Kier alpha value is -3.56. The fourth-order valence-electron chi connectivity index (χ4n) is 3.32. The number of hydrogen-bond acceptors (Lipinski definition) is 6. The Morgan fingerprint density at radius 3 is 2.75 bits per heavy atom. The first-order chi connectivity index (χ1) is 15.6. The monoisotopic (exact) mass is 465 g/mol. The Balaban J connectivity index is 1.39. The number of hydrogen-bond donors (Lipinski definition) is 1. The Bertz CT molecular complexity index is 1320. The molecule has 5 rings (SSSR count). The van der Waals surface area contributed by atoms with Crippen LogP contribution in [0.5, 0.6) is 0 Å². The second-order valence-corrected chi connectivity index (χ2v) is 8.55. The molecule has 1 aliphatic heterocycles. The average molecular weight is 466 g/mol. The van der Waals surface area contributed by atoms with Crippen molar-refractivity contribution in [2.45, 2.75) is 11.9 Å². The van der Waals surface area contributed by atoms with Crippen molar-refractivity contribution in [3.8, 4) is 0 Å². The molecular weight excluding hydrogens is 450 g/mol. The van der Waals surface area contributed by atoms with Gasteiger partial charge in [-0.2, -0.15) is 0 Å². The van der Waals surface area contributed by atoms with E-state index in [1.807, 2.05) is 36.4 Å². The lowest BCUT2D eigenvalue weighted by molar-refractivity contribution is -0.138. The quantitative estimate of drug-likeness (QED) is 0.447. The zero-order valence-corrected chi connectivity index (χ0v) is 18.1. The van der Waals surface area contributed by atoms with Crippen molar-refractivity contribution in [1.29, 1.82) is 0 Å². The standard InChI is InChI=1S/C22H16ClN5O3S/c23-15-9-7-14(8-10-15)12-19-21(30)28(22(32-19)18-6-3-11-31-18)25-20(29)13-27-17-5-2-1-4-16(17)24-26-27/h1-12,22H,13H2,(H,25,29)/b19-12-. The molecule has 0 bridgehead atoms. The van der Waals surface area contributed by atoms with Crippen LogP contribution in [0, 0.1) is 0 Å². The van der Waals surface area contributed by atoms with Gasteiger partial charge in [-0.15, -0.1) is 5.10 Å². The van der Waals surface area contributed by atoms with E-state index in [-0.39, 0.29) is 12.5 Å². The van der Waals surface area contributed by atoms with Crippen LogP contribution in [0.4, 0.5) is 0 Å². The highest BCUT2D eigenvalue weighted by molar-refractivity contribution is 8.04. The highest BCUT2D eigenvalue weighted by Gasteiger charge is 2.40. The lowest BCUT2D eigenvalue weighted by Crippen LogP contribution is -2.45. The number of nitrogens with zero attached hydrogens (tertiary/aromatic N) is 4. The SMILES string of the molecule is O=C(Cn1nnc2ccccc21)NN1C(=O)/C(=C/c2ccc(Cl)cc2)SC1c1ccco1. The van der Waals surface area contributed by atoms with E-state index in [2.05, 4.69) is 15.7 Å². The number of amides is 2. The largest absolute Gasteiger partial charge is 0.466 e. The number of carbonyl (C=O) groups excluding carboxylic acids is 2. The number of furan rings is 1. The van der Waals surface area contributed by atoms with Crippen LogP contribution in [-0.2, 0) is 16.1 Å². The lowest BCUT2D eigenvalue weighted by Gasteiger charge is -2.22. The highest BCUT2D eigenvalue weighted by Crippen LogP contribution is 2.45. The van der Waals surface area contributed by atoms with Crippen LogP contribution in [0.3, 0.4) is 0 Å². The molecule has 2 amide bonds. The maximum atomic E-state index is 13.2. The topological polar surface area (TPSA) is 93.3 Å². The van der Waals surface area contributed by atoms with Crippen molar-refractivity contribution in [3.63, 3.8) is 0 Å². The molecule has 1 unspecified atom stereocenters. The third-order valence-electron chi connectivity index (χ3n) is 4.82. The number of hydrazine groups is 1. The number of aromatic nitrogens is 3.